The van der Waals surface area contributed by atoms with Crippen molar-refractivity contribution in [1.29, 1.82) is 0 Å². The van der Waals surface area contributed by atoms with E-state index in [9.17, 15) is 4.79 Å². The smallest absolute Gasteiger partial charge is 0.232 e. The third kappa shape index (κ3) is 3.81. The Labute approximate surface area is 157 Å². The number of likely N-dealkylation sites (tertiary alicyclic amines) is 1. The zero-order chi connectivity index (χ0) is 18.6. The molecule has 0 saturated carbocycles. The van der Waals surface area contributed by atoms with Crippen LogP contribution in [0.25, 0.3) is 11.4 Å². The van der Waals surface area contributed by atoms with Crippen molar-refractivity contribution in [2.45, 2.75) is 25.8 Å². The molecular weight excluding hydrogens is 344 g/mol. The molecule has 1 aliphatic heterocycles. The molecule has 1 unspecified atom stereocenters. The van der Waals surface area contributed by atoms with Crippen LogP contribution in [-0.2, 0) is 11.3 Å². The highest BCUT2D eigenvalue weighted by molar-refractivity contribution is 5.79. The number of aromatic nitrogens is 3. The number of carbonyl (C=O) groups excluding carboxylic acids is 1. The highest BCUT2D eigenvalue weighted by Gasteiger charge is 2.34. The number of rotatable bonds is 6. The fourth-order valence-corrected chi connectivity index (χ4v) is 3.23. The van der Waals surface area contributed by atoms with E-state index in [0.717, 1.165) is 16.9 Å². The summed E-state index contributed by atoms with van der Waals surface area (Å²) in [6, 6.07) is 11.5. The van der Waals surface area contributed by atoms with Crippen molar-refractivity contribution in [1.82, 2.24) is 20.0 Å². The molecule has 27 heavy (non-hydrogen) atoms. The topological polar surface area (TPSA) is 81.3 Å². The minimum Gasteiger partial charge on any atom is -0.494 e. The Kier molecular flexibility index (Phi) is 4.82. The van der Waals surface area contributed by atoms with E-state index in [1.165, 1.54) is 0 Å². The Balaban J connectivity index is 1.45. The Hall–Kier alpha value is -3.22. The summed E-state index contributed by atoms with van der Waals surface area (Å²) in [7, 11) is 0. The second-order valence-electron chi connectivity index (χ2n) is 6.45. The summed E-state index contributed by atoms with van der Waals surface area (Å²) in [6.07, 6.45) is 3.74. The first kappa shape index (κ1) is 17.2. The van der Waals surface area contributed by atoms with E-state index in [-0.39, 0.29) is 11.8 Å². The van der Waals surface area contributed by atoms with Gasteiger partial charge in [-0.25, -0.2) is 0 Å². The Morgan fingerprint density at radius 3 is 2.93 bits per heavy atom. The molecule has 0 bridgehead atoms. The molecule has 1 saturated heterocycles. The largest absolute Gasteiger partial charge is 0.494 e. The summed E-state index contributed by atoms with van der Waals surface area (Å²) >= 11 is 0. The van der Waals surface area contributed by atoms with Gasteiger partial charge in [0.15, 0.2) is 0 Å². The molecule has 0 aliphatic carbocycles. The highest BCUT2D eigenvalue weighted by Crippen LogP contribution is 2.30. The van der Waals surface area contributed by atoms with Gasteiger partial charge >= 0.3 is 0 Å². The fraction of sp³-hybridized carbons (Fsp3) is 0.300. The van der Waals surface area contributed by atoms with Crippen LogP contribution >= 0.6 is 0 Å². The molecule has 0 N–H and O–H groups in total. The summed E-state index contributed by atoms with van der Waals surface area (Å²) in [6.45, 7) is 3.67. The number of benzene rings is 1. The van der Waals surface area contributed by atoms with E-state index in [1.54, 1.807) is 12.4 Å². The maximum atomic E-state index is 12.4. The van der Waals surface area contributed by atoms with Crippen LogP contribution in [0.2, 0.25) is 0 Å². The van der Waals surface area contributed by atoms with Crippen LogP contribution in [0.5, 0.6) is 5.75 Å². The van der Waals surface area contributed by atoms with E-state index in [0.29, 0.717) is 37.8 Å². The molecule has 2 aromatic heterocycles. The van der Waals surface area contributed by atoms with Crippen molar-refractivity contribution in [3.63, 3.8) is 0 Å². The van der Waals surface area contributed by atoms with Crippen LogP contribution in [0, 0.1) is 0 Å². The second-order valence-corrected chi connectivity index (χ2v) is 6.45. The first-order chi connectivity index (χ1) is 13.2. The monoisotopic (exact) mass is 364 g/mol. The maximum absolute atomic E-state index is 12.4. The lowest BCUT2D eigenvalue weighted by molar-refractivity contribution is -0.128. The van der Waals surface area contributed by atoms with Crippen LogP contribution < -0.4 is 4.74 Å². The summed E-state index contributed by atoms with van der Waals surface area (Å²) in [5.41, 5.74) is 1.88. The molecule has 0 radical (unpaired) electrons. The normalized spacial score (nSPS) is 16.7. The highest BCUT2D eigenvalue weighted by atomic mass is 16.5. The summed E-state index contributed by atoms with van der Waals surface area (Å²) < 4.78 is 11.0. The first-order valence-corrected chi connectivity index (χ1v) is 8.96. The van der Waals surface area contributed by atoms with E-state index in [1.807, 2.05) is 48.2 Å². The van der Waals surface area contributed by atoms with Crippen LogP contribution in [-0.4, -0.2) is 39.1 Å². The van der Waals surface area contributed by atoms with Crippen molar-refractivity contribution in [2.24, 2.45) is 0 Å². The lowest BCUT2D eigenvalue weighted by Crippen LogP contribution is -2.24. The van der Waals surface area contributed by atoms with Crippen molar-refractivity contribution in [3.05, 3.63) is 60.2 Å². The van der Waals surface area contributed by atoms with Gasteiger partial charge in [-0.2, -0.15) is 4.98 Å². The van der Waals surface area contributed by atoms with Gasteiger partial charge in [0, 0.05) is 37.5 Å². The molecule has 1 fully saturated rings. The number of amides is 1. The minimum atomic E-state index is -0.0874. The fourth-order valence-electron chi connectivity index (χ4n) is 3.23. The standard InChI is InChI=1S/C20H20N4O3/c1-2-26-17-5-3-4-14(10-17)12-24-13-16(11-18(24)25)20-22-19(23-27-20)15-6-8-21-9-7-15/h3-10,16H,2,11-13H2,1H3. The van der Waals surface area contributed by atoms with Gasteiger partial charge in [-0.05, 0) is 36.8 Å². The quantitative estimate of drug-likeness (QED) is 0.669. The molecule has 7 heteroatoms. The molecule has 1 aromatic carbocycles. The van der Waals surface area contributed by atoms with Crippen molar-refractivity contribution in [3.8, 4) is 17.1 Å². The Morgan fingerprint density at radius 2 is 2.11 bits per heavy atom. The number of ether oxygens (including phenoxy) is 1. The van der Waals surface area contributed by atoms with Gasteiger partial charge in [0.25, 0.3) is 0 Å². The average molecular weight is 364 g/mol. The predicted octanol–water partition coefficient (Wildman–Crippen LogP) is 3.05. The van der Waals surface area contributed by atoms with Crippen molar-refractivity contribution < 1.29 is 14.1 Å². The number of hydrogen-bond acceptors (Lipinski definition) is 6. The number of pyridine rings is 1. The lowest BCUT2D eigenvalue weighted by Gasteiger charge is -2.16. The van der Waals surface area contributed by atoms with E-state index in [2.05, 4.69) is 15.1 Å². The van der Waals surface area contributed by atoms with Crippen LogP contribution in [0.3, 0.4) is 0 Å². The first-order valence-electron chi connectivity index (χ1n) is 8.96. The van der Waals surface area contributed by atoms with Crippen LogP contribution in [0.1, 0.15) is 30.7 Å². The molecule has 0 spiro atoms. The molecule has 1 atom stereocenters. The molecular formula is C20H20N4O3. The summed E-state index contributed by atoms with van der Waals surface area (Å²) in [5.74, 6) is 1.83. The molecule has 138 valence electrons. The second kappa shape index (κ2) is 7.57. The third-order valence-electron chi connectivity index (χ3n) is 4.53. The van der Waals surface area contributed by atoms with Gasteiger partial charge in [0.05, 0.1) is 12.5 Å². The SMILES string of the molecule is CCOc1cccc(CN2CC(c3nc(-c4ccncc4)no3)CC2=O)c1. The van der Waals surface area contributed by atoms with E-state index >= 15 is 0 Å². The van der Waals surface area contributed by atoms with Gasteiger partial charge in [-0.15, -0.1) is 0 Å². The molecule has 1 amide bonds. The zero-order valence-corrected chi connectivity index (χ0v) is 15.0. The molecule has 4 rings (SSSR count). The van der Waals surface area contributed by atoms with Gasteiger partial charge in [0.2, 0.25) is 17.6 Å². The number of hydrogen-bond donors (Lipinski definition) is 0. The number of nitrogens with zero attached hydrogens (tertiary/aromatic N) is 4. The molecule has 7 nitrogen and oxygen atoms in total. The maximum Gasteiger partial charge on any atom is 0.232 e. The van der Waals surface area contributed by atoms with Crippen LogP contribution in [0.4, 0.5) is 0 Å². The summed E-state index contributed by atoms with van der Waals surface area (Å²) in [4.78, 5) is 22.7. The van der Waals surface area contributed by atoms with Crippen molar-refractivity contribution >= 4 is 5.91 Å². The Morgan fingerprint density at radius 1 is 1.26 bits per heavy atom. The van der Waals surface area contributed by atoms with Crippen molar-refractivity contribution in [2.75, 3.05) is 13.2 Å². The number of carbonyl (C=O) groups is 1. The average Bonchev–Trinajstić information content (AvgIpc) is 3.31. The van der Waals surface area contributed by atoms with E-state index in [4.69, 9.17) is 9.26 Å². The van der Waals surface area contributed by atoms with Gasteiger partial charge in [-0.1, -0.05) is 17.3 Å². The van der Waals surface area contributed by atoms with Gasteiger partial charge in [-0.3, -0.25) is 9.78 Å². The summed E-state index contributed by atoms with van der Waals surface area (Å²) in [5, 5.41) is 4.04. The predicted molar refractivity (Wildman–Crippen MR) is 97.9 cm³/mol. The lowest BCUT2D eigenvalue weighted by atomic mass is 10.1. The van der Waals surface area contributed by atoms with Crippen LogP contribution in [0.15, 0.2) is 53.3 Å². The molecule has 3 aromatic rings. The van der Waals surface area contributed by atoms with Gasteiger partial charge in [0.1, 0.15) is 5.75 Å². The minimum absolute atomic E-state index is 0.0874. The molecule has 3 heterocycles. The Bertz CT molecular complexity index is 926. The zero-order valence-electron chi connectivity index (χ0n) is 15.0. The molecule has 1 aliphatic rings. The third-order valence-corrected chi connectivity index (χ3v) is 4.53. The van der Waals surface area contributed by atoms with Gasteiger partial charge < -0.3 is 14.2 Å². The van der Waals surface area contributed by atoms with E-state index < -0.39 is 0 Å².